The number of rotatable bonds is 10. The summed E-state index contributed by atoms with van der Waals surface area (Å²) in [6.45, 7) is 8.73. The van der Waals surface area contributed by atoms with Crippen molar-refractivity contribution >= 4 is 5.97 Å². The molecule has 1 aromatic carbocycles. The van der Waals surface area contributed by atoms with Crippen LogP contribution in [0.25, 0.3) is 0 Å². The number of carboxylic acid groups (broad SMARTS) is 1. The topological polar surface area (TPSA) is 40.5 Å². The van der Waals surface area contributed by atoms with Gasteiger partial charge in [0.25, 0.3) is 0 Å². The van der Waals surface area contributed by atoms with Crippen molar-refractivity contribution in [3.63, 3.8) is 0 Å². The molecule has 0 aliphatic heterocycles. The molecule has 21 heavy (non-hydrogen) atoms. The standard InChI is InChI=1S/C18H29NO2/c1-4-17(16-10-6-5-7-11-16)19(14-15(2)3)13-9-8-12-18(20)21/h5-7,10-11,15,17H,4,8-9,12-14H2,1-3H3,(H,20,21). The first-order chi connectivity index (χ1) is 10.0. The highest BCUT2D eigenvalue weighted by Crippen LogP contribution is 2.25. The zero-order valence-electron chi connectivity index (χ0n) is 13.6. The van der Waals surface area contributed by atoms with Crippen molar-refractivity contribution in [3.05, 3.63) is 35.9 Å². The molecule has 0 aromatic heterocycles. The number of carbonyl (C=O) groups is 1. The van der Waals surface area contributed by atoms with Crippen LogP contribution in [0.15, 0.2) is 30.3 Å². The van der Waals surface area contributed by atoms with Gasteiger partial charge in [-0.15, -0.1) is 0 Å². The van der Waals surface area contributed by atoms with E-state index in [1.54, 1.807) is 0 Å². The molecule has 0 aliphatic carbocycles. The molecule has 3 heteroatoms. The Morgan fingerprint density at radius 3 is 2.38 bits per heavy atom. The van der Waals surface area contributed by atoms with E-state index in [2.05, 4.69) is 56.0 Å². The maximum atomic E-state index is 10.6. The fraction of sp³-hybridized carbons (Fsp3) is 0.611. The predicted molar refractivity (Wildman–Crippen MR) is 87.4 cm³/mol. The summed E-state index contributed by atoms with van der Waals surface area (Å²) in [6.07, 6.45) is 3.06. The molecule has 0 radical (unpaired) electrons. The van der Waals surface area contributed by atoms with Gasteiger partial charge in [0, 0.05) is 19.0 Å². The van der Waals surface area contributed by atoms with Gasteiger partial charge in [-0.2, -0.15) is 0 Å². The molecule has 0 amide bonds. The molecule has 118 valence electrons. The van der Waals surface area contributed by atoms with Crippen LogP contribution in [-0.4, -0.2) is 29.1 Å². The second kappa shape index (κ2) is 9.56. The van der Waals surface area contributed by atoms with Crippen LogP contribution >= 0.6 is 0 Å². The third-order valence-corrected chi connectivity index (χ3v) is 3.70. The van der Waals surface area contributed by atoms with Gasteiger partial charge in [0.05, 0.1) is 0 Å². The molecule has 3 nitrogen and oxygen atoms in total. The molecular weight excluding hydrogens is 262 g/mol. The number of aliphatic carboxylic acids is 1. The smallest absolute Gasteiger partial charge is 0.303 e. The summed E-state index contributed by atoms with van der Waals surface area (Å²) in [4.78, 5) is 13.1. The minimum Gasteiger partial charge on any atom is -0.481 e. The molecular formula is C18H29NO2. The highest BCUT2D eigenvalue weighted by Gasteiger charge is 2.19. The molecule has 0 spiro atoms. The number of hydrogen-bond acceptors (Lipinski definition) is 2. The van der Waals surface area contributed by atoms with Gasteiger partial charge in [0.1, 0.15) is 0 Å². The summed E-state index contributed by atoms with van der Waals surface area (Å²) >= 11 is 0. The van der Waals surface area contributed by atoms with Gasteiger partial charge in [-0.1, -0.05) is 51.1 Å². The Bertz CT molecular complexity index is 403. The minimum atomic E-state index is -0.694. The Morgan fingerprint density at radius 2 is 1.86 bits per heavy atom. The molecule has 1 atom stereocenters. The van der Waals surface area contributed by atoms with Crippen molar-refractivity contribution in [2.45, 2.75) is 52.5 Å². The van der Waals surface area contributed by atoms with Gasteiger partial charge in [-0.05, 0) is 37.3 Å². The molecule has 0 saturated carbocycles. The van der Waals surface area contributed by atoms with Crippen molar-refractivity contribution in [3.8, 4) is 0 Å². The van der Waals surface area contributed by atoms with Gasteiger partial charge in [-0.3, -0.25) is 9.69 Å². The monoisotopic (exact) mass is 291 g/mol. The molecule has 0 saturated heterocycles. The van der Waals surface area contributed by atoms with Crippen molar-refractivity contribution in [1.82, 2.24) is 4.90 Å². The number of nitrogens with zero attached hydrogens (tertiary/aromatic N) is 1. The van der Waals surface area contributed by atoms with Gasteiger partial charge >= 0.3 is 5.97 Å². The van der Waals surface area contributed by atoms with E-state index in [9.17, 15) is 4.79 Å². The molecule has 0 heterocycles. The Hall–Kier alpha value is -1.35. The Kier molecular flexibility index (Phi) is 8.06. The van der Waals surface area contributed by atoms with Crippen LogP contribution in [0, 0.1) is 5.92 Å². The summed E-state index contributed by atoms with van der Waals surface area (Å²) in [5.74, 6) is -0.0808. The van der Waals surface area contributed by atoms with Gasteiger partial charge in [0.2, 0.25) is 0 Å². The summed E-state index contributed by atoms with van der Waals surface area (Å²) in [7, 11) is 0. The Labute approximate surface area is 129 Å². The molecule has 1 rings (SSSR count). The lowest BCUT2D eigenvalue weighted by Crippen LogP contribution is -2.33. The van der Waals surface area contributed by atoms with E-state index in [-0.39, 0.29) is 6.42 Å². The molecule has 0 aliphatic rings. The van der Waals surface area contributed by atoms with Crippen molar-refractivity contribution in [2.24, 2.45) is 5.92 Å². The van der Waals surface area contributed by atoms with E-state index in [0.717, 1.165) is 32.4 Å². The summed E-state index contributed by atoms with van der Waals surface area (Å²) in [6, 6.07) is 11.1. The maximum absolute atomic E-state index is 10.6. The Balaban J connectivity index is 2.67. The summed E-state index contributed by atoms with van der Waals surface area (Å²) in [5, 5.41) is 8.74. The molecule has 1 aromatic rings. The van der Waals surface area contributed by atoms with Crippen LogP contribution in [0.4, 0.5) is 0 Å². The largest absolute Gasteiger partial charge is 0.481 e. The van der Waals surface area contributed by atoms with Crippen LogP contribution in [0.3, 0.4) is 0 Å². The number of benzene rings is 1. The molecule has 0 fully saturated rings. The van der Waals surface area contributed by atoms with E-state index in [0.29, 0.717) is 12.0 Å². The minimum absolute atomic E-state index is 0.275. The average molecular weight is 291 g/mol. The Morgan fingerprint density at radius 1 is 1.19 bits per heavy atom. The quantitative estimate of drug-likeness (QED) is 0.651. The number of unbranched alkanes of at least 4 members (excludes halogenated alkanes) is 1. The van der Waals surface area contributed by atoms with Crippen molar-refractivity contribution in [1.29, 1.82) is 0 Å². The summed E-state index contributed by atoms with van der Waals surface area (Å²) < 4.78 is 0. The third-order valence-electron chi connectivity index (χ3n) is 3.70. The first-order valence-corrected chi connectivity index (χ1v) is 8.05. The maximum Gasteiger partial charge on any atom is 0.303 e. The van der Waals surface area contributed by atoms with Crippen LogP contribution < -0.4 is 0 Å². The second-order valence-corrected chi connectivity index (χ2v) is 6.07. The predicted octanol–water partition coefficient (Wildman–Crippen LogP) is 4.35. The van der Waals surface area contributed by atoms with E-state index < -0.39 is 5.97 Å². The number of hydrogen-bond donors (Lipinski definition) is 1. The second-order valence-electron chi connectivity index (χ2n) is 6.07. The van der Waals surface area contributed by atoms with Crippen LogP contribution in [0.1, 0.15) is 58.1 Å². The fourth-order valence-electron chi connectivity index (χ4n) is 2.81. The molecule has 0 bridgehead atoms. The van der Waals surface area contributed by atoms with Gasteiger partial charge < -0.3 is 5.11 Å². The first-order valence-electron chi connectivity index (χ1n) is 8.05. The van der Waals surface area contributed by atoms with Crippen LogP contribution in [0.2, 0.25) is 0 Å². The normalized spacial score (nSPS) is 12.8. The first kappa shape index (κ1) is 17.7. The summed E-state index contributed by atoms with van der Waals surface area (Å²) in [5.41, 5.74) is 1.36. The lowest BCUT2D eigenvalue weighted by molar-refractivity contribution is -0.137. The lowest BCUT2D eigenvalue weighted by atomic mass is 10.0. The molecule has 1 N–H and O–H groups in total. The highest BCUT2D eigenvalue weighted by atomic mass is 16.4. The van der Waals surface area contributed by atoms with Crippen molar-refractivity contribution < 1.29 is 9.90 Å². The average Bonchev–Trinajstić information content (AvgIpc) is 2.44. The zero-order valence-corrected chi connectivity index (χ0v) is 13.6. The van der Waals surface area contributed by atoms with Crippen LogP contribution in [-0.2, 0) is 4.79 Å². The lowest BCUT2D eigenvalue weighted by Gasteiger charge is -2.33. The van der Waals surface area contributed by atoms with Gasteiger partial charge in [-0.25, -0.2) is 0 Å². The van der Waals surface area contributed by atoms with Crippen LogP contribution in [0.5, 0.6) is 0 Å². The van der Waals surface area contributed by atoms with E-state index in [1.807, 2.05) is 0 Å². The van der Waals surface area contributed by atoms with Crippen molar-refractivity contribution in [2.75, 3.05) is 13.1 Å². The molecule has 1 unspecified atom stereocenters. The zero-order chi connectivity index (χ0) is 15.7. The van der Waals surface area contributed by atoms with Gasteiger partial charge in [0.15, 0.2) is 0 Å². The number of carboxylic acids is 1. The van der Waals surface area contributed by atoms with E-state index in [4.69, 9.17) is 5.11 Å². The van der Waals surface area contributed by atoms with E-state index in [1.165, 1.54) is 5.56 Å². The fourth-order valence-corrected chi connectivity index (χ4v) is 2.81. The van der Waals surface area contributed by atoms with E-state index >= 15 is 0 Å². The highest BCUT2D eigenvalue weighted by molar-refractivity contribution is 5.66. The third kappa shape index (κ3) is 6.76. The SMILES string of the molecule is CCC(c1ccccc1)N(CCCCC(=O)O)CC(C)C.